The molecule has 0 aliphatic heterocycles. The Kier molecular flexibility index (Phi) is 3.35. The van der Waals surface area contributed by atoms with Crippen molar-refractivity contribution in [1.29, 1.82) is 0 Å². The van der Waals surface area contributed by atoms with Crippen molar-refractivity contribution in [3.05, 3.63) is 36.2 Å². The first-order valence-electron chi connectivity index (χ1n) is 3.50. The van der Waals surface area contributed by atoms with Gasteiger partial charge >= 0.3 is 0 Å². The smallest absolute Gasteiger partial charge is 0.0647 e. The summed E-state index contributed by atoms with van der Waals surface area (Å²) in [5.74, 6) is 0. The third kappa shape index (κ3) is 2.96. The Balaban J connectivity index is 2.50. The molecule has 0 bridgehead atoms. The van der Waals surface area contributed by atoms with Crippen molar-refractivity contribution in [1.82, 2.24) is 4.98 Å². The van der Waals surface area contributed by atoms with Gasteiger partial charge in [0.05, 0.1) is 12.3 Å². The molecule has 0 aliphatic rings. The Labute approximate surface area is 66.5 Å². The number of hydrogen-bond donors (Lipinski definition) is 0. The summed E-state index contributed by atoms with van der Waals surface area (Å²) in [6, 6.07) is 5.80. The fraction of sp³-hybridized carbons (Fsp3) is 0.222. The molecule has 0 radical (unpaired) electrons. The van der Waals surface area contributed by atoms with E-state index in [2.05, 4.69) is 4.98 Å². The van der Waals surface area contributed by atoms with Crippen LogP contribution >= 0.6 is 0 Å². The van der Waals surface area contributed by atoms with E-state index >= 15 is 0 Å². The average molecular weight is 149 g/mol. The van der Waals surface area contributed by atoms with Crippen LogP contribution in [0.15, 0.2) is 30.5 Å². The zero-order valence-electron chi connectivity index (χ0n) is 6.53. The highest BCUT2D eigenvalue weighted by molar-refractivity contribution is 5.43. The zero-order valence-corrected chi connectivity index (χ0v) is 6.53. The van der Waals surface area contributed by atoms with E-state index in [1.807, 2.05) is 30.4 Å². The summed E-state index contributed by atoms with van der Waals surface area (Å²) in [6.07, 6.45) is 5.64. The van der Waals surface area contributed by atoms with Gasteiger partial charge in [-0.2, -0.15) is 0 Å². The van der Waals surface area contributed by atoms with Gasteiger partial charge in [-0.25, -0.2) is 0 Å². The average Bonchev–Trinajstić information content (AvgIpc) is 2.07. The molecule has 0 N–H and O–H groups in total. The van der Waals surface area contributed by atoms with Crippen LogP contribution in [0.25, 0.3) is 6.08 Å². The minimum Gasteiger partial charge on any atom is -0.381 e. The van der Waals surface area contributed by atoms with E-state index < -0.39 is 0 Å². The first-order valence-corrected chi connectivity index (χ1v) is 3.50. The Morgan fingerprint density at radius 1 is 1.55 bits per heavy atom. The molecule has 0 saturated carbocycles. The van der Waals surface area contributed by atoms with Gasteiger partial charge in [-0.1, -0.05) is 12.1 Å². The Bertz CT molecular complexity index is 218. The molecule has 0 aliphatic carbocycles. The lowest BCUT2D eigenvalue weighted by Gasteiger charge is -1.89. The van der Waals surface area contributed by atoms with E-state index in [9.17, 15) is 0 Å². The lowest BCUT2D eigenvalue weighted by molar-refractivity contribution is 0.234. The van der Waals surface area contributed by atoms with Gasteiger partial charge in [0.15, 0.2) is 0 Å². The molecule has 1 heterocycles. The maximum atomic E-state index is 4.85. The van der Waals surface area contributed by atoms with Crippen molar-refractivity contribution in [3.8, 4) is 0 Å². The molecule has 0 fully saturated rings. The molecule has 0 saturated heterocycles. The minimum atomic E-state index is 0.635. The second kappa shape index (κ2) is 4.63. The summed E-state index contributed by atoms with van der Waals surface area (Å²) < 4.78 is 4.85. The summed E-state index contributed by atoms with van der Waals surface area (Å²) in [7, 11) is 1.67. The molecule has 0 unspecified atom stereocenters. The van der Waals surface area contributed by atoms with Crippen LogP contribution in [0.4, 0.5) is 0 Å². The Hall–Kier alpha value is -1.15. The molecule has 1 aromatic rings. The van der Waals surface area contributed by atoms with E-state index in [4.69, 9.17) is 4.74 Å². The number of hydrogen-bond acceptors (Lipinski definition) is 2. The van der Waals surface area contributed by atoms with Gasteiger partial charge in [0.2, 0.25) is 0 Å². The molecule has 1 rings (SSSR count). The van der Waals surface area contributed by atoms with E-state index in [0.29, 0.717) is 6.61 Å². The third-order valence-corrected chi connectivity index (χ3v) is 1.24. The predicted octanol–water partition coefficient (Wildman–Crippen LogP) is 1.74. The SMILES string of the molecule is COC/C=C/c1ccccn1. The fourth-order valence-electron chi connectivity index (χ4n) is 0.740. The summed E-state index contributed by atoms with van der Waals surface area (Å²) >= 11 is 0. The van der Waals surface area contributed by atoms with Crippen molar-refractivity contribution in [2.75, 3.05) is 13.7 Å². The van der Waals surface area contributed by atoms with Crippen molar-refractivity contribution < 1.29 is 4.74 Å². The molecule has 58 valence electrons. The zero-order chi connectivity index (χ0) is 7.94. The highest BCUT2D eigenvalue weighted by Gasteiger charge is 1.81. The lowest BCUT2D eigenvalue weighted by Crippen LogP contribution is -1.81. The van der Waals surface area contributed by atoms with Crippen LogP contribution in [-0.2, 0) is 4.74 Å². The molecular weight excluding hydrogens is 138 g/mol. The van der Waals surface area contributed by atoms with Crippen molar-refractivity contribution >= 4 is 6.08 Å². The van der Waals surface area contributed by atoms with Gasteiger partial charge in [0.25, 0.3) is 0 Å². The standard InChI is InChI=1S/C9H11NO/c1-11-8-4-6-9-5-2-3-7-10-9/h2-7H,8H2,1H3/b6-4+. The Morgan fingerprint density at radius 2 is 2.45 bits per heavy atom. The van der Waals surface area contributed by atoms with Crippen molar-refractivity contribution in [2.45, 2.75) is 0 Å². The van der Waals surface area contributed by atoms with Crippen LogP contribution in [0, 0.1) is 0 Å². The van der Waals surface area contributed by atoms with Gasteiger partial charge in [-0.05, 0) is 18.2 Å². The highest BCUT2D eigenvalue weighted by Crippen LogP contribution is 1.95. The van der Waals surface area contributed by atoms with Crippen LogP contribution in [-0.4, -0.2) is 18.7 Å². The maximum Gasteiger partial charge on any atom is 0.0647 e. The number of nitrogens with zero attached hydrogens (tertiary/aromatic N) is 1. The van der Waals surface area contributed by atoms with Gasteiger partial charge in [-0.15, -0.1) is 0 Å². The second-order valence-electron chi connectivity index (χ2n) is 2.11. The van der Waals surface area contributed by atoms with Crippen LogP contribution in [0.1, 0.15) is 5.69 Å². The predicted molar refractivity (Wildman–Crippen MR) is 45.1 cm³/mol. The normalized spacial score (nSPS) is 10.6. The van der Waals surface area contributed by atoms with Crippen LogP contribution in [0.5, 0.6) is 0 Å². The third-order valence-electron chi connectivity index (χ3n) is 1.24. The van der Waals surface area contributed by atoms with Gasteiger partial charge in [0.1, 0.15) is 0 Å². The fourth-order valence-corrected chi connectivity index (χ4v) is 0.740. The molecule has 0 spiro atoms. The van der Waals surface area contributed by atoms with E-state index in [1.54, 1.807) is 13.3 Å². The van der Waals surface area contributed by atoms with Crippen LogP contribution in [0.2, 0.25) is 0 Å². The van der Waals surface area contributed by atoms with E-state index in [1.165, 1.54) is 0 Å². The van der Waals surface area contributed by atoms with Gasteiger partial charge in [-0.3, -0.25) is 4.98 Å². The molecule has 2 nitrogen and oxygen atoms in total. The summed E-state index contributed by atoms with van der Waals surface area (Å²) in [6.45, 7) is 0.635. The van der Waals surface area contributed by atoms with Crippen LogP contribution < -0.4 is 0 Å². The number of aromatic nitrogens is 1. The quantitative estimate of drug-likeness (QED) is 0.653. The summed E-state index contributed by atoms with van der Waals surface area (Å²) in [5.41, 5.74) is 0.963. The lowest BCUT2D eigenvalue weighted by atomic mass is 10.3. The topological polar surface area (TPSA) is 22.1 Å². The van der Waals surface area contributed by atoms with Gasteiger partial charge in [0, 0.05) is 13.3 Å². The Morgan fingerprint density at radius 3 is 3.09 bits per heavy atom. The molecule has 0 amide bonds. The second-order valence-corrected chi connectivity index (χ2v) is 2.11. The molecule has 1 aromatic heterocycles. The molecule has 0 aromatic carbocycles. The molecular formula is C9H11NO. The summed E-state index contributed by atoms with van der Waals surface area (Å²) in [5, 5.41) is 0. The molecule has 11 heavy (non-hydrogen) atoms. The van der Waals surface area contributed by atoms with E-state index in [-0.39, 0.29) is 0 Å². The first kappa shape index (κ1) is 7.95. The van der Waals surface area contributed by atoms with Gasteiger partial charge < -0.3 is 4.74 Å². The van der Waals surface area contributed by atoms with Crippen LogP contribution in [0.3, 0.4) is 0 Å². The number of rotatable bonds is 3. The number of methoxy groups -OCH3 is 1. The van der Waals surface area contributed by atoms with Crippen molar-refractivity contribution in [3.63, 3.8) is 0 Å². The molecule has 2 heteroatoms. The van der Waals surface area contributed by atoms with Crippen molar-refractivity contribution in [2.24, 2.45) is 0 Å². The summed E-state index contributed by atoms with van der Waals surface area (Å²) in [4.78, 5) is 4.11. The largest absolute Gasteiger partial charge is 0.381 e. The number of ether oxygens (including phenoxy) is 1. The first-order chi connectivity index (χ1) is 5.43. The monoisotopic (exact) mass is 149 g/mol. The number of pyridine rings is 1. The minimum absolute atomic E-state index is 0.635. The molecule has 0 atom stereocenters. The maximum absolute atomic E-state index is 4.85. The highest BCUT2D eigenvalue weighted by atomic mass is 16.5. The van der Waals surface area contributed by atoms with E-state index in [0.717, 1.165) is 5.69 Å².